The van der Waals surface area contributed by atoms with E-state index in [2.05, 4.69) is 55.5 Å². The second-order valence-corrected chi connectivity index (χ2v) is 21.8. The molecule has 4 aromatic carbocycles. The number of anilines is 3. The molecule has 0 aromatic heterocycles. The van der Waals surface area contributed by atoms with Crippen LogP contribution >= 0.6 is 37.2 Å². The van der Waals surface area contributed by atoms with Gasteiger partial charge in [-0.3, -0.25) is 38.6 Å². The van der Waals surface area contributed by atoms with Gasteiger partial charge in [0, 0.05) is 82.0 Å². The topological polar surface area (TPSA) is 206 Å². The van der Waals surface area contributed by atoms with E-state index in [4.69, 9.17) is 9.47 Å². The quantitative estimate of drug-likeness (QED) is 0.0804. The Labute approximate surface area is 494 Å². The van der Waals surface area contributed by atoms with E-state index in [9.17, 15) is 33.2 Å². The van der Waals surface area contributed by atoms with Crippen LogP contribution in [0.5, 0.6) is 0 Å². The van der Waals surface area contributed by atoms with Crippen molar-refractivity contribution >= 4 is 89.7 Å². The second-order valence-electron chi connectivity index (χ2n) is 21.8. The van der Waals surface area contributed by atoms with Gasteiger partial charge in [0.25, 0.3) is 5.91 Å². The van der Waals surface area contributed by atoms with Crippen LogP contribution in [0.25, 0.3) is 0 Å². The van der Waals surface area contributed by atoms with Crippen LogP contribution in [0.1, 0.15) is 74.4 Å². The molecule has 24 heteroatoms. The number of piperazine rings is 1. The highest BCUT2D eigenvalue weighted by Crippen LogP contribution is 2.43. The standard InChI is InChI=1S/C58H71F3N10O8.3ClH/c1-34-28-69(43(26-63-34)30-68-19-22-79-32-35(68)2)31-50(73)71-33-58(4,45-16-11-38(24-48(45)71)23-37-9-13-41(59)14-10-37)57(77)64-27-49(72)65-42-15-12-40-29-70(53(44(40)25-42)55(75)67-52-46(60)7-6-8-47(52)61)56(76)51(39-17-20-78-21-18-39)66-54(74)36(3)62-5;;;/h6-16,24-25,34-36,39,43,51,53,62-63H,17-23,26-33H2,1-5H3,(H,64,77)(H,65,72)(H,66,74)(H,67,75);3*1H/t34-,35-,36+,43-,51+,53+,58-;;;/m1.../s1. The number of fused-ring (bicyclic) bond motifs is 2. The fourth-order valence-electron chi connectivity index (χ4n) is 11.5. The first kappa shape index (κ1) is 65.3. The maximum absolute atomic E-state index is 15.0. The molecule has 6 amide bonds. The molecule has 3 fully saturated rings. The minimum atomic E-state index is -1.46. The number of hydrogen-bond donors (Lipinski definition) is 6. The molecule has 82 heavy (non-hydrogen) atoms. The van der Waals surface area contributed by atoms with Gasteiger partial charge in [0.15, 0.2) is 0 Å². The molecule has 0 unspecified atom stereocenters. The van der Waals surface area contributed by atoms with Crippen molar-refractivity contribution in [3.63, 3.8) is 0 Å². The Morgan fingerprint density at radius 3 is 2.24 bits per heavy atom. The van der Waals surface area contributed by atoms with Crippen molar-refractivity contribution < 1.29 is 51.4 Å². The summed E-state index contributed by atoms with van der Waals surface area (Å²) in [5.41, 5.74) is 1.86. The lowest BCUT2D eigenvalue weighted by Gasteiger charge is -2.43. The summed E-state index contributed by atoms with van der Waals surface area (Å²) >= 11 is 0. The molecule has 9 rings (SSSR count). The van der Waals surface area contributed by atoms with E-state index < -0.39 is 76.9 Å². The van der Waals surface area contributed by atoms with Gasteiger partial charge < -0.3 is 51.2 Å². The number of carbonyl (C=O) groups is 6. The summed E-state index contributed by atoms with van der Waals surface area (Å²) in [5, 5.41) is 17.3. The maximum atomic E-state index is 15.0. The molecule has 5 heterocycles. The van der Waals surface area contributed by atoms with Crippen molar-refractivity contribution in [2.75, 3.05) is 94.8 Å². The van der Waals surface area contributed by atoms with E-state index in [1.807, 2.05) is 18.2 Å². The zero-order valence-corrected chi connectivity index (χ0v) is 49.0. The first-order chi connectivity index (χ1) is 37.9. The fourth-order valence-corrected chi connectivity index (χ4v) is 11.5. The number of halogens is 6. The highest BCUT2D eigenvalue weighted by molar-refractivity contribution is 6.05. The van der Waals surface area contributed by atoms with Crippen molar-refractivity contribution in [3.05, 3.63) is 124 Å². The summed E-state index contributed by atoms with van der Waals surface area (Å²) in [6.07, 6.45) is 1.35. The Balaban J connectivity index is 0.00000360. The molecule has 4 aromatic rings. The summed E-state index contributed by atoms with van der Waals surface area (Å²) in [7, 11) is 1.61. The van der Waals surface area contributed by atoms with Gasteiger partial charge in [-0.25, -0.2) is 13.2 Å². The van der Waals surface area contributed by atoms with Gasteiger partial charge in [0.1, 0.15) is 35.2 Å². The van der Waals surface area contributed by atoms with Crippen molar-refractivity contribution in [1.82, 2.24) is 36.0 Å². The first-order valence-corrected chi connectivity index (χ1v) is 27.2. The van der Waals surface area contributed by atoms with Crippen LogP contribution in [-0.4, -0.2) is 160 Å². The van der Waals surface area contributed by atoms with Crippen molar-refractivity contribution in [2.45, 2.75) is 95.2 Å². The number of benzene rings is 4. The number of nitrogens with one attached hydrogen (secondary N) is 6. The smallest absolute Gasteiger partial charge is 0.252 e. The van der Waals surface area contributed by atoms with Crippen LogP contribution in [0, 0.1) is 23.4 Å². The van der Waals surface area contributed by atoms with E-state index in [0.29, 0.717) is 75.6 Å². The molecule has 7 atom stereocenters. The van der Waals surface area contributed by atoms with Gasteiger partial charge in [-0.05, 0) is 130 Å². The maximum Gasteiger partial charge on any atom is 0.252 e. The lowest BCUT2D eigenvalue weighted by Crippen LogP contribution is -2.62. The van der Waals surface area contributed by atoms with Crippen LogP contribution in [-0.2, 0) is 56.6 Å². The van der Waals surface area contributed by atoms with Gasteiger partial charge in [-0.15, -0.1) is 37.2 Å². The van der Waals surface area contributed by atoms with E-state index in [-0.39, 0.29) is 104 Å². The van der Waals surface area contributed by atoms with Gasteiger partial charge in [-0.2, -0.15) is 0 Å². The number of morpholine rings is 1. The Hall–Kier alpha value is -5.88. The summed E-state index contributed by atoms with van der Waals surface area (Å²) in [6.45, 7) is 12.0. The normalized spacial score (nSPS) is 22.4. The Bertz CT molecular complexity index is 2930. The number of likely N-dealkylation sites (N-methyl/N-ethyl adjacent to an activating group) is 1. The number of nitrogens with zero attached hydrogens (tertiary/aromatic N) is 4. The largest absolute Gasteiger partial charge is 0.381 e. The van der Waals surface area contributed by atoms with Crippen LogP contribution in [0.2, 0.25) is 0 Å². The van der Waals surface area contributed by atoms with Crippen molar-refractivity contribution in [1.29, 1.82) is 0 Å². The molecule has 0 spiro atoms. The van der Waals surface area contributed by atoms with Crippen LogP contribution in [0.4, 0.5) is 30.2 Å². The highest BCUT2D eigenvalue weighted by Gasteiger charge is 2.48. The Kier molecular flexibility index (Phi) is 22.8. The molecular formula is C58H74Cl3F3N10O8. The molecule has 0 bridgehead atoms. The summed E-state index contributed by atoms with van der Waals surface area (Å²) in [6, 6.07) is 16.9. The molecular weight excluding hydrogens is 1130 g/mol. The highest BCUT2D eigenvalue weighted by atomic mass is 35.5. The van der Waals surface area contributed by atoms with Gasteiger partial charge >= 0.3 is 0 Å². The van der Waals surface area contributed by atoms with E-state index >= 15 is 8.78 Å². The number of rotatable bonds is 17. The minimum absolute atomic E-state index is 0. The molecule has 5 aliphatic rings. The van der Waals surface area contributed by atoms with E-state index in [1.165, 1.54) is 23.1 Å². The second kappa shape index (κ2) is 28.6. The van der Waals surface area contributed by atoms with Crippen molar-refractivity contribution in [3.8, 4) is 0 Å². The molecule has 3 saturated heterocycles. The van der Waals surface area contributed by atoms with E-state index in [1.54, 1.807) is 50.1 Å². The average Bonchev–Trinajstić information content (AvgIpc) is 4.13. The zero-order valence-electron chi connectivity index (χ0n) is 46.6. The molecule has 0 aliphatic carbocycles. The van der Waals surface area contributed by atoms with E-state index in [0.717, 1.165) is 42.4 Å². The first-order valence-electron chi connectivity index (χ1n) is 27.2. The SMILES string of the molecule is CN[C@@H](C)C(=O)N[C@H](C(=O)N1Cc2ccc(NC(=O)CNC(=O)[C@]3(C)CN(C(=O)CN4C[C@@H](C)NC[C@@H]4CN4CCOC[C@H]4C)c4cc(Cc5ccc(F)cc5)ccc43)cc2[C@H]1C(=O)Nc1c(F)cccc1F)C1CCOCC1.Cl.Cl.Cl. The third kappa shape index (κ3) is 14.7. The minimum Gasteiger partial charge on any atom is -0.381 e. The van der Waals surface area contributed by atoms with Gasteiger partial charge in [-0.1, -0.05) is 36.4 Å². The van der Waals surface area contributed by atoms with Crippen LogP contribution in [0.3, 0.4) is 0 Å². The summed E-state index contributed by atoms with van der Waals surface area (Å²) < 4.78 is 55.2. The number of para-hydroxylation sites is 1. The lowest BCUT2D eigenvalue weighted by molar-refractivity contribution is -0.144. The summed E-state index contributed by atoms with van der Waals surface area (Å²) in [5.74, 6) is -6.05. The molecule has 0 radical (unpaired) electrons. The molecule has 5 aliphatic heterocycles. The molecule has 18 nitrogen and oxygen atoms in total. The average molecular weight is 1200 g/mol. The third-order valence-corrected chi connectivity index (χ3v) is 16.2. The molecule has 6 N–H and O–H groups in total. The number of amides is 6. The monoisotopic (exact) mass is 1200 g/mol. The van der Waals surface area contributed by atoms with Gasteiger partial charge in [0.05, 0.1) is 37.8 Å². The lowest BCUT2D eigenvalue weighted by atomic mass is 9.83. The van der Waals surface area contributed by atoms with Crippen LogP contribution < -0.4 is 36.8 Å². The predicted octanol–water partition coefficient (Wildman–Crippen LogP) is 5.24. The number of hydrogen-bond acceptors (Lipinski definition) is 12. The van der Waals surface area contributed by atoms with Gasteiger partial charge in [0.2, 0.25) is 29.5 Å². The Morgan fingerprint density at radius 1 is 0.841 bits per heavy atom. The third-order valence-electron chi connectivity index (χ3n) is 16.2. The zero-order chi connectivity index (χ0) is 56.1. The number of carbonyl (C=O) groups excluding carboxylic acids is 6. The Morgan fingerprint density at radius 2 is 1.55 bits per heavy atom. The number of ether oxygens (including phenoxy) is 2. The van der Waals surface area contributed by atoms with Crippen molar-refractivity contribution in [2.24, 2.45) is 5.92 Å². The van der Waals surface area contributed by atoms with Crippen LogP contribution in [0.15, 0.2) is 78.9 Å². The molecule has 0 saturated carbocycles. The fraction of sp³-hybridized carbons (Fsp3) is 0.483. The summed E-state index contributed by atoms with van der Waals surface area (Å²) in [4.78, 5) is 93.3. The molecule has 446 valence electrons. The predicted molar refractivity (Wildman–Crippen MR) is 312 cm³/mol.